The van der Waals surface area contributed by atoms with Crippen LogP contribution in [-0.4, -0.2) is 47.4 Å². The van der Waals surface area contributed by atoms with E-state index in [1.807, 2.05) is 6.92 Å². The minimum atomic E-state index is 0.984. The molecular weight excluding hydrogens is 268 g/mol. The standard InChI is InChI=1S/C11H19BrN4/c1-9-11(12)10(2)16(14-9)8-7-15-5-3-13-4-6-15/h13H,3-8H2,1-2H3. The van der Waals surface area contributed by atoms with Gasteiger partial charge in [0.15, 0.2) is 0 Å². The molecule has 1 aromatic rings. The van der Waals surface area contributed by atoms with Crippen LogP contribution in [0.25, 0.3) is 0 Å². The molecule has 16 heavy (non-hydrogen) atoms. The third kappa shape index (κ3) is 2.64. The van der Waals surface area contributed by atoms with Gasteiger partial charge in [-0.3, -0.25) is 9.58 Å². The number of nitrogens with zero attached hydrogens (tertiary/aromatic N) is 3. The Morgan fingerprint density at radius 1 is 1.25 bits per heavy atom. The summed E-state index contributed by atoms with van der Waals surface area (Å²) >= 11 is 3.56. The second-order valence-electron chi connectivity index (χ2n) is 4.30. The van der Waals surface area contributed by atoms with Gasteiger partial charge >= 0.3 is 0 Å². The Balaban J connectivity index is 1.91. The van der Waals surface area contributed by atoms with Gasteiger partial charge in [0.25, 0.3) is 0 Å². The van der Waals surface area contributed by atoms with E-state index in [1.54, 1.807) is 0 Å². The van der Waals surface area contributed by atoms with E-state index in [0.29, 0.717) is 0 Å². The van der Waals surface area contributed by atoms with E-state index in [9.17, 15) is 0 Å². The van der Waals surface area contributed by atoms with E-state index in [2.05, 4.69) is 42.9 Å². The lowest BCUT2D eigenvalue weighted by atomic mass is 10.3. The fraction of sp³-hybridized carbons (Fsp3) is 0.727. The van der Waals surface area contributed by atoms with Gasteiger partial charge in [-0.2, -0.15) is 5.10 Å². The van der Waals surface area contributed by atoms with Crippen LogP contribution >= 0.6 is 15.9 Å². The number of halogens is 1. The van der Waals surface area contributed by atoms with E-state index >= 15 is 0 Å². The summed E-state index contributed by atoms with van der Waals surface area (Å²) in [5.74, 6) is 0. The van der Waals surface area contributed by atoms with Crippen LogP contribution in [0.1, 0.15) is 11.4 Å². The average molecular weight is 287 g/mol. The van der Waals surface area contributed by atoms with Crippen molar-refractivity contribution in [3.05, 3.63) is 15.9 Å². The number of piperazine rings is 1. The third-order valence-electron chi connectivity index (χ3n) is 3.13. The topological polar surface area (TPSA) is 33.1 Å². The van der Waals surface area contributed by atoms with Crippen LogP contribution in [0.4, 0.5) is 0 Å². The number of nitrogens with one attached hydrogen (secondary N) is 1. The first-order valence-electron chi connectivity index (χ1n) is 5.81. The maximum absolute atomic E-state index is 4.52. The van der Waals surface area contributed by atoms with Gasteiger partial charge in [0.05, 0.1) is 16.7 Å². The van der Waals surface area contributed by atoms with Crippen LogP contribution in [0.5, 0.6) is 0 Å². The highest BCUT2D eigenvalue weighted by atomic mass is 79.9. The summed E-state index contributed by atoms with van der Waals surface area (Å²) in [7, 11) is 0. The highest BCUT2D eigenvalue weighted by Crippen LogP contribution is 2.19. The minimum absolute atomic E-state index is 0.984. The van der Waals surface area contributed by atoms with Gasteiger partial charge in [-0.1, -0.05) is 0 Å². The quantitative estimate of drug-likeness (QED) is 0.906. The summed E-state index contributed by atoms with van der Waals surface area (Å²) in [6.45, 7) is 10.8. The largest absolute Gasteiger partial charge is 0.314 e. The van der Waals surface area contributed by atoms with E-state index < -0.39 is 0 Å². The minimum Gasteiger partial charge on any atom is -0.314 e. The van der Waals surface area contributed by atoms with Gasteiger partial charge in [-0.05, 0) is 29.8 Å². The zero-order valence-electron chi connectivity index (χ0n) is 9.96. The van der Waals surface area contributed by atoms with Gasteiger partial charge < -0.3 is 5.32 Å². The van der Waals surface area contributed by atoms with E-state index in [-0.39, 0.29) is 0 Å². The lowest BCUT2D eigenvalue weighted by molar-refractivity contribution is 0.228. The Labute approximate surface area is 105 Å². The first kappa shape index (κ1) is 12.1. The molecule has 1 saturated heterocycles. The number of hydrogen-bond acceptors (Lipinski definition) is 3. The zero-order chi connectivity index (χ0) is 11.5. The van der Waals surface area contributed by atoms with Crippen molar-refractivity contribution < 1.29 is 0 Å². The third-order valence-corrected chi connectivity index (χ3v) is 4.28. The van der Waals surface area contributed by atoms with Crippen LogP contribution in [-0.2, 0) is 6.54 Å². The fourth-order valence-corrected chi connectivity index (χ4v) is 2.35. The molecule has 0 unspecified atom stereocenters. The summed E-state index contributed by atoms with van der Waals surface area (Å²) in [5, 5.41) is 7.89. The molecule has 1 N–H and O–H groups in total. The van der Waals surface area contributed by atoms with E-state index in [0.717, 1.165) is 49.4 Å². The SMILES string of the molecule is Cc1nn(CCN2CCNCC2)c(C)c1Br. The van der Waals surface area contributed by atoms with E-state index in [4.69, 9.17) is 0 Å². The molecule has 0 aromatic carbocycles. The molecule has 4 nitrogen and oxygen atoms in total. The Bertz CT molecular complexity index is 355. The maximum Gasteiger partial charge on any atom is 0.0738 e. The molecule has 5 heteroatoms. The molecule has 0 radical (unpaired) electrons. The number of aryl methyl sites for hydroxylation is 1. The second-order valence-corrected chi connectivity index (χ2v) is 5.09. The molecule has 1 fully saturated rings. The van der Waals surface area contributed by atoms with Crippen LogP contribution in [0.15, 0.2) is 4.47 Å². The average Bonchev–Trinajstić information content (AvgIpc) is 2.56. The molecule has 0 aliphatic carbocycles. The van der Waals surface area contributed by atoms with E-state index in [1.165, 1.54) is 5.69 Å². The summed E-state index contributed by atoms with van der Waals surface area (Å²) in [6.07, 6.45) is 0. The summed E-state index contributed by atoms with van der Waals surface area (Å²) in [5.41, 5.74) is 2.31. The van der Waals surface area contributed by atoms with Crippen LogP contribution in [0, 0.1) is 13.8 Å². The second kappa shape index (κ2) is 5.29. The Kier molecular flexibility index (Phi) is 4.00. The summed E-state index contributed by atoms with van der Waals surface area (Å²) in [4.78, 5) is 2.49. The molecule has 90 valence electrons. The lowest BCUT2D eigenvalue weighted by Crippen LogP contribution is -2.44. The van der Waals surface area contributed by atoms with Crippen molar-refractivity contribution >= 4 is 15.9 Å². The van der Waals surface area contributed by atoms with Gasteiger partial charge in [0.2, 0.25) is 0 Å². The monoisotopic (exact) mass is 286 g/mol. The molecule has 1 aliphatic rings. The summed E-state index contributed by atoms with van der Waals surface area (Å²) in [6, 6.07) is 0. The number of rotatable bonds is 3. The molecule has 0 saturated carbocycles. The molecule has 0 bridgehead atoms. The van der Waals surface area contributed by atoms with Gasteiger partial charge in [-0.25, -0.2) is 0 Å². The van der Waals surface area contributed by atoms with Crippen molar-refractivity contribution in [1.29, 1.82) is 0 Å². The molecular formula is C11H19BrN4. The van der Waals surface area contributed by atoms with Gasteiger partial charge in [-0.15, -0.1) is 0 Å². The molecule has 1 aromatic heterocycles. The van der Waals surface area contributed by atoms with Crippen LogP contribution in [0.2, 0.25) is 0 Å². The van der Waals surface area contributed by atoms with Crippen molar-refractivity contribution in [2.24, 2.45) is 0 Å². The fourth-order valence-electron chi connectivity index (χ4n) is 2.06. The molecule has 0 amide bonds. The van der Waals surface area contributed by atoms with Crippen molar-refractivity contribution in [2.45, 2.75) is 20.4 Å². The summed E-state index contributed by atoms with van der Waals surface area (Å²) < 4.78 is 3.24. The Morgan fingerprint density at radius 3 is 2.50 bits per heavy atom. The molecule has 2 rings (SSSR count). The van der Waals surface area contributed by atoms with Crippen LogP contribution < -0.4 is 5.32 Å². The predicted molar refractivity (Wildman–Crippen MR) is 68.7 cm³/mol. The maximum atomic E-state index is 4.52. The molecule has 2 heterocycles. The zero-order valence-corrected chi connectivity index (χ0v) is 11.5. The van der Waals surface area contributed by atoms with Crippen LogP contribution in [0.3, 0.4) is 0 Å². The number of aromatic nitrogens is 2. The highest BCUT2D eigenvalue weighted by Gasteiger charge is 2.12. The molecule has 1 aliphatic heterocycles. The van der Waals surface area contributed by atoms with Gasteiger partial charge in [0, 0.05) is 38.4 Å². The highest BCUT2D eigenvalue weighted by molar-refractivity contribution is 9.10. The molecule has 0 atom stereocenters. The van der Waals surface area contributed by atoms with Crippen molar-refractivity contribution in [2.75, 3.05) is 32.7 Å². The van der Waals surface area contributed by atoms with Crippen molar-refractivity contribution in [3.63, 3.8) is 0 Å². The van der Waals surface area contributed by atoms with Crippen molar-refractivity contribution in [1.82, 2.24) is 20.0 Å². The van der Waals surface area contributed by atoms with Gasteiger partial charge in [0.1, 0.15) is 0 Å². The first-order valence-corrected chi connectivity index (χ1v) is 6.60. The Morgan fingerprint density at radius 2 is 1.94 bits per heavy atom. The normalized spacial score (nSPS) is 17.9. The lowest BCUT2D eigenvalue weighted by Gasteiger charge is -2.27. The Hall–Kier alpha value is -0.390. The number of hydrogen-bond donors (Lipinski definition) is 1. The first-order chi connectivity index (χ1) is 7.68. The van der Waals surface area contributed by atoms with Crippen molar-refractivity contribution in [3.8, 4) is 0 Å². The smallest absolute Gasteiger partial charge is 0.0738 e. The predicted octanol–water partition coefficient (Wildman–Crippen LogP) is 1.17. The molecule has 0 spiro atoms.